The van der Waals surface area contributed by atoms with E-state index in [-0.39, 0.29) is 12.8 Å². The molecule has 0 bridgehead atoms. The second-order valence-corrected chi connectivity index (χ2v) is 10.2. The molecule has 0 radical (unpaired) electrons. The molecule has 0 aliphatic carbocycles. The quantitative estimate of drug-likeness (QED) is 0.144. The number of carboxylic acid groups (broad SMARTS) is 1. The second-order valence-electron chi connectivity index (χ2n) is 10.2. The monoisotopic (exact) mass is 569 g/mol. The average Bonchev–Trinajstić information content (AvgIpc) is 3.40. The summed E-state index contributed by atoms with van der Waals surface area (Å²) in [5.74, 6) is -2.97. The molecule has 218 valence electrons. The summed E-state index contributed by atoms with van der Waals surface area (Å²) in [5, 5.41) is 18.6. The van der Waals surface area contributed by atoms with Crippen LogP contribution in [0.4, 0.5) is 0 Å². The van der Waals surface area contributed by atoms with Crippen LogP contribution in [-0.4, -0.2) is 57.9 Å². The van der Waals surface area contributed by atoms with E-state index in [1.165, 1.54) is 6.92 Å². The van der Waals surface area contributed by atoms with Crippen molar-refractivity contribution in [3.05, 3.63) is 108 Å². The number of H-pyrrole nitrogens is 1. The van der Waals surface area contributed by atoms with Crippen LogP contribution in [0.25, 0.3) is 10.9 Å². The smallest absolute Gasteiger partial charge is 0.326 e. The fraction of sp³-hybridized carbons (Fsp3) is 0.250. The van der Waals surface area contributed by atoms with E-state index in [0.717, 1.165) is 27.6 Å². The van der Waals surface area contributed by atoms with Gasteiger partial charge in [-0.25, -0.2) is 4.79 Å². The lowest BCUT2D eigenvalue weighted by molar-refractivity contribution is -0.142. The van der Waals surface area contributed by atoms with Crippen LogP contribution in [0.3, 0.4) is 0 Å². The van der Waals surface area contributed by atoms with Gasteiger partial charge in [-0.05, 0) is 36.1 Å². The first-order valence-corrected chi connectivity index (χ1v) is 13.7. The maximum Gasteiger partial charge on any atom is 0.326 e. The number of para-hydroxylation sites is 1. The fourth-order valence-corrected chi connectivity index (χ4v) is 4.70. The molecule has 0 saturated heterocycles. The molecule has 7 N–H and O–H groups in total. The molecule has 10 nitrogen and oxygen atoms in total. The maximum absolute atomic E-state index is 13.5. The number of aromatic nitrogens is 1. The molecule has 4 rings (SSSR count). The third-order valence-electron chi connectivity index (χ3n) is 7.02. The van der Waals surface area contributed by atoms with Crippen molar-refractivity contribution in [1.82, 2.24) is 20.9 Å². The Hall–Kier alpha value is -4.96. The van der Waals surface area contributed by atoms with Gasteiger partial charge in [0.05, 0.1) is 6.04 Å². The second kappa shape index (κ2) is 14.1. The van der Waals surface area contributed by atoms with Gasteiger partial charge in [-0.2, -0.15) is 0 Å². The number of carboxylic acids is 1. The van der Waals surface area contributed by atoms with Crippen molar-refractivity contribution >= 4 is 34.6 Å². The van der Waals surface area contributed by atoms with Crippen LogP contribution in [0.5, 0.6) is 0 Å². The van der Waals surface area contributed by atoms with Crippen LogP contribution < -0.4 is 21.7 Å². The molecule has 42 heavy (non-hydrogen) atoms. The Morgan fingerprint density at radius 2 is 1.29 bits per heavy atom. The number of hydrogen-bond acceptors (Lipinski definition) is 5. The fourth-order valence-electron chi connectivity index (χ4n) is 4.70. The molecular formula is C32H35N5O5. The van der Waals surface area contributed by atoms with E-state index >= 15 is 0 Å². The van der Waals surface area contributed by atoms with Gasteiger partial charge < -0.3 is 31.8 Å². The molecular weight excluding hydrogens is 534 g/mol. The first-order chi connectivity index (χ1) is 20.2. The Kier molecular flexibility index (Phi) is 10.1. The lowest BCUT2D eigenvalue weighted by Gasteiger charge is -2.24. The number of fused-ring (bicyclic) bond motifs is 1. The number of benzene rings is 3. The number of aliphatic carboxylic acids is 1. The molecule has 10 heteroatoms. The number of carbonyl (C=O) groups excluding carboxylic acids is 3. The standard InChI is InChI=1S/C32H35N5O5/c1-20(35-30(39)25(33)16-21-10-4-2-5-11-21)29(38)36-27(18-23-19-34-26-15-9-8-14-24(23)26)31(40)37-28(32(41)42)17-22-12-6-3-7-13-22/h2-15,19-20,25,27-28,34H,16-18,33H2,1H3,(H,35,39)(H,36,38)(H,37,40)(H,41,42). The lowest BCUT2D eigenvalue weighted by atomic mass is 10.0. The minimum absolute atomic E-state index is 0.0709. The minimum Gasteiger partial charge on any atom is -0.480 e. The molecule has 3 aromatic carbocycles. The molecule has 4 aromatic rings. The normalized spacial score (nSPS) is 13.9. The zero-order valence-electron chi connectivity index (χ0n) is 23.2. The third-order valence-corrected chi connectivity index (χ3v) is 7.02. The first kappa shape index (κ1) is 30.0. The zero-order valence-corrected chi connectivity index (χ0v) is 23.2. The van der Waals surface area contributed by atoms with E-state index in [1.807, 2.05) is 60.7 Å². The largest absolute Gasteiger partial charge is 0.480 e. The first-order valence-electron chi connectivity index (χ1n) is 13.7. The van der Waals surface area contributed by atoms with Crippen LogP contribution in [0.15, 0.2) is 91.1 Å². The lowest BCUT2D eigenvalue weighted by Crippen LogP contribution is -2.57. The SMILES string of the molecule is CC(NC(=O)C(N)Cc1ccccc1)C(=O)NC(Cc1c[nH]c2ccccc12)C(=O)NC(Cc1ccccc1)C(=O)O. The Bertz CT molecular complexity index is 1520. The summed E-state index contributed by atoms with van der Waals surface area (Å²) >= 11 is 0. The van der Waals surface area contributed by atoms with Crippen molar-refractivity contribution in [3.8, 4) is 0 Å². The molecule has 4 unspecified atom stereocenters. The van der Waals surface area contributed by atoms with Crippen molar-refractivity contribution in [2.24, 2.45) is 5.73 Å². The van der Waals surface area contributed by atoms with Crippen LogP contribution in [0.2, 0.25) is 0 Å². The highest BCUT2D eigenvalue weighted by Gasteiger charge is 2.30. The number of carbonyl (C=O) groups is 4. The molecule has 0 aliphatic heterocycles. The number of nitrogens with one attached hydrogen (secondary N) is 4. The van der Waals surface area contributed by atoms with Gasteiger partial charge in [0, 0.05) is 29.9 Å². The van der Waals surface area contributed by atoms with E-state index < -0.39 is 47.9 Å². The van der Waals surface area contributed by atoms with Crippen LogP contribution in [0, 0.1) is 0 Å². The van der Waals surface area contributed by atoms with Crippen LogP contribution in [-0.2, 0) is 38.4 Å². The summed E-state index contributed by atoms with van der Waals surface area (Å²) in [6.07, 6.45) is 2.21. The summed E-state index contributed by atoms with van der Waals surface area (Å²) in [6, 6.07) is 21.6. The number of rotatable bonds is 13. The molecule has 0 saturated carbocycles. The van der Waals surface area contributed by atoms with E-state index in [1.54, 1.807) is 30.5 Å². The Labute approximate surface area is 243 Å². The molecule has 0 spiro atoms. The molecule has 3 amide bonds. The van der Waals surface area contributed by atoms with Gasteiger partial charge >= 0.3 is 5.97 Å². The summed E-state index contributed by atoms with van der Waals surface area (Å²) in [4.78, 5) is 54.6. The number of amides is 3. The summed E-state index contributed by atoms with van der Waals surface area (Å²) in [7, 11) is 0. The number of aromatic amines is 1. The van der Waals surface area contributed by atoms with Gasteiger partial charge in [-0.3, -0.25) is 14.4 Å². The topological polar surface area (TPSA) is 166 Å². The average molecular weight is 570 g/mol. The van der Waals surface area contributed by atoms with Crippen molar-refractivity contribution < 1.29 is 24.3 Å². The highest BCUT2D eigenvalue weighted by atomic mass is 16.4. The van der Waals surface area contributed by atoms with Crippen molar-refractivity contribution in [1.29, 1.82) is 0 Å². The van der Waals surface area contributed by atoms with Gasteiger partial charge in [-0.15, -0.1) is 0 Å². The van der Waals surface area contributed by atoms with Gasteiger partial charge in [0.15, 0.2) is 0 Å². The van der Waals surface area contributed by atoms with E-state index in [0.29, 0.717) is 6.42 Å². The van der Waals surface area contributed by atoms with Gasteiger partial charge in [0.2, 0.25) is 17.7 Å². The van der Waals surface area contributed by atoms with Crippen LogP contribution in [0.1, 0.15) is 23.6 Å². The summed E-state index contributed by atoms with van der Waals surface area (Å²) in [5.41, 5.74) is 9.32. The third kappa shape index (κ3) is 8.05. The Morgan fingerprint density at radius 3 is 1.93 bits per heavy atom. The molecule has 1 heterocycles. The number of hydrogen-bond donors (Lipinski definition) is 6. The predicted octanol–water partition coefficient (Wildman–Crippen LogP) is 2.08. The van der Waals surface area contributed by atoms with Gasteiger partial charge in [-0.1, -0.05) is 78.9 Å². The van der Waals surface area contributed by atoms with E-state index in [4.69, 9.17) is 5.73 Å². The Balaban J connectivity index is 1.47. The molecule has 4 atom stereocenters. The highest BCUT2D eigenvalue weighted by Crippen LogP contribution is 2.19. The van der Waals surface area contributed by atoms with E-state index in [9.17, 15) is 24.3 Å². The van der Waals surface area contributed by atoms with E-state index in [2.05, 4.69) is 20.9 Å². The highest BCUT2D eigenvalue weighted by molar-refractivity contribution is 5.94. The minimum atomic E-state index is -1.21. The molecule has 0 aliphatic rings. The van der Waals surface area contributed by atoms with Crippen molar-refractivity contribution in [3.63, 3.8) is 0 Å². The molecule has 0 fully saturated rings. The van der Waals surface area contributed by atoms with Gasteiger partial charge in [0.1, 0.15) is 18.1 Å². The maximum atomic E-state index is 13.5. The predicted molar refractivity (Wildman–Crippen MR) is 159 cm³/mol. The van der Waals surface area contributed by atoms with Gasteiger partial charge in [0.25, 0.3) is 0 Å². The molecule has 1 aromatic heterocycles. The Morgan fingerprint density at radius 1 is 0.714 bits per heavy atom. The summed E-state index contributed by atoms with van der Waals surface area (Å²) in [6.45, 7) is 1.50. The number of nitrogens with two attached hydrogens (primary N) is 1. The zero-order chi connectivity index (χ0) is 30.1. The summed E-state index contributed by atoms with van der Waals surface area (Å²) < 4.78 is 0. The van der Waals surface area contributed by atoms with Crippen LogP contribution >= 0.6 is 0 Å². The van der Waals surface area contributed by atoms with Crippen molar-refractivity contribution in [2.75, 3.05) is 0 Å². The van der Waals surface area contributed by atoms with Crippen molar-refractivity contribution in [2.45, 2.75) is 50.4 Å².